The molecule has 0 saturated carbocycles. The Morgan fingerprint density at radius 3 is 2.54 bits per heavy atom. The molecule has 0 aliphatic carbocycles. The first-order valence-electron chi connectivity index (χ1n) is 8.86. The molecule has 1 aliphatic heterocycles. The highest BCUT2D eigenvalue weighted by Crippen LogP contribution is 2.34. The summed E-state index contributed by atoms with van der Waals surface area (Å²) in [5, 5.41) is 0.689. The van der Waals surface area contributed by atoms with E-state index in [1.165, 1.54) is 0 Å². The van der Waals surface area contributed by atoms with E-state index >= 15 is 0 Å². The molecule has 4 heteroatoms. The number of rotatable bonds is 5. The molecule has 0 aromatic heterocycles. The van der Waals surface area contributed by atoms with Gasteiger partial charge in [-0.2, -0.15) is 0 Å². The lowest BCUT2D eigenvalue weighted by Gasteiger charge is -2.07. The smallest absolute Gasteiger partial charge is 0.231 e. The van der Waals surface area contributed by atoms with Crippen LogP contribution in [0.5, 0.6) is 11.5 Å². The zero-order chi connectivity index (χ0) is 19.3. The van der Waals surface area contributed by atoms with Crippen LogP contribution in [0.4, 0.5) is 0 Å². The molecular weight excluding hydrogens is 372 g/mol. The second-order valence-electron chi connectivity index (χ2n) is 6.31. The van der Waals surface area contributed by atoms with Gasteiger partial charge < -0.3 is 9.47 Å². The van der Waals surface area contributed by atoms with Crippen LogP contribution in [0, 0.1) is 0 Å². The van der Waals surface area contributed by atoms with Crippen molar-refractivity contribution in [1.29, 1.82) is 0 Å². The Labute approximate surface area is 168 Å². The number of halogens is 1. The van der Waals surface area contributed by atoms with E-state index in [4.69, 9.17) is 21.1 Å². The normalized spacial score (nSPS) is 14.3. The van der Waals surface area contributed by atoms with Crippen LogP contribution in [-0.4, -0.2) is 5.78 Å². The first kappa shape index (κ1) is 18.1. The maximum absolute atomic E-state index is 12.5. The van der Waals surface area contributed by atoms with Crippen molar-refractivity contribution in [2.24, 2.45) is 0 Å². The molecule has 0 unspecified atom stereocenters. The Hall–Kier alpha value is -3.30. The summed E-state index contributed by atoms with van der Waals surface area (Å²) in [6, 6.07) is 22.6. The number of carbonyl (C=O) groups is 1. The van der Waals surface area contributed by atoms with E-state index in [0.717, 1.165) is 11.1 Å². The van der Waals surface area contributed by atoms with Gasteiger partial charge in [-0.1, -0.05) is 66.2 Å². The third kappa shape index (κ3) is 4.16. The highest BCUT2D eigenvalue weighted by Gasteiger charge is 2.27. The van der Waals surface area contributed by atoms with Crippen molar-refractivity contribution in [3.63, 3.8) is 0 Å². The van der Waals surface area contributed by atoms with E-state index in [1.807, 2.05) is 66.7 Å². The number of ether oxygens (including phenoxy) is 2. The lowest BCUT2D eigenvalue weighted by Crippen LogP contribution is -1.97. The number of allylic oxidation sites excluding steroid dienone is 3. The van der Waals surface area contributed by atoms with Crippen molar-refractivity contribution in [3.8, 4) is 11.5 Å². The van der Waals surface area contributed by atoms with Crippen molar-refractivity contribution >= 4 is 23.5 Å². The first-order chi connectivity index (χ1) is 13.7. The zero-order valence-electron chi connectivity index (χ0n) is 15.0. The van der Waals surface area contributed by atoms with E-state index < -0.39 is 0 Å². The lowest BCUT2D eigenvalue weighted by molar-refractivity contribution is 0.101. The summed E-state index contributed by atoms with van der Waals surface area (Å²) in [5.74, 6) is 1.33. The molecule has 0 saturated heterocycles. The van der Waals surface area contributed by atoms with Crippen molar-refractivity contribution in [2.45, 2.75) is 6.61 Å². The molecule has 0 radical (unpaired) electrons. The molecule has 4 rings (SSSR count). The highest BCUT2D eigenvalue weighted by atomic mass is 35.5. The maximum Gasteiger partial charge on any atom is 0.231 e. The fourth-order valence-corrected chi connectivity index (χ4v) is 2.96. The Balaban J connectivity index is 1.44. The molecule has 3 nitrogen and oxygen atoms in total. The largest absolute Gasteiger partial charge is 0.489 e. The van der Waals surface area contributed by atoms with Crippen LogP contribution in [0.3, 0.4) is 0 Å². The van der Waals surface area contributed by atoms with Gasteiger partial charge in [0, 0.05) is 11.1 Å². The average molecular weight is 389 g/mol. The fraction of sp³-hybridized carbons (Fsp3) is 0.0417. The Bertz CT molecular complexity index is 1050. The van der Waals surface area contributed by atoms with Crippen molar-refractivity contribution in [3.05, 3.63) is 112 Å². The van der Waals surface area contributed by atoms with Crippen molar-refractivity contribution < 1.29 is 14.3 Å². The molecular formula is C24H17ClO3. The molecule has 0 amide bonds. The summed E-state index contributed by atoms with van der Waals surface area (Å²) >= 11 is 5.89. The van der Waals surface area contributed by atoms with Crippen LogP contribution in [-0.2, 0) is 6.61 Å². The van der Waals surface area contributed by atoms with E-state index in [1.54, 1.807) is 24.3 Å². The lowest BCUT2D eigenvalue weighted by atomic mass is 10.1. The minimum atomic E-state index is -0.128. The quantitative estimate of drug-likeness (QED) is 0.496. The molecule has 0 bridgehead atoms. The number of hydrogen-bond acceptors (Lipinski definition) is 3. The van der Waals surface area contributed by atoms with Gasteiger partial charge in [-0.15, -0.1) is 0 Å². The van der Waals surface area contributed by atoms with Crippen LogP contribution in [0.1, 0.15) is 21.5 Å². The molecule has 3 aromatic carbocycles. The summed E-state index contributed by atoms with van der Waals surface area (Å²) in [6.45, 7) is 0.409. The monoisotopic (exact) mass is 388 g/mol. The molecule has 0 atom stereocenters. The van der Waals surface area contributed by atoms with Gasteiger partial charge in [0.2, 0.25) is 5.78 Å². The van der Waals surface area contributed by atoms with E-state index in [2.05, 4.69) is 0 Å². The molecule has 0 fully saturated rings. The number of fused-ring (bicyclic) bond motifs is 1. The highest BCUT2D eigenvalue weighted by molar-refractivity contribution is 6.30. The van der Waals surface area contributed by atoms with Gasteiger partial charge in [-0.25, -0.2) is 0 Å². The van der Waals surface area contributed by atoms with E-state index in [9.17, 15) is 4.79 Å². The van der Waals surface area contributed by atoms with Gasteiger partial charge in [-0.3, -0.25) is 4.79 Å². The molecule has 28 heavy (non-hydrogen) atoms. The number of hydrogen-bond donors (Lipinski definition) is 0. The van der Waals surface area contributed by atoms with Gasteiger partial charge in [0.15, 0.2) is 5.76 Å². The standard InChI is InChI=1S/C24H17ClO3/c25-19-11-9-18(10-12-19)16-27-20-13-14-21-23(15-20)28-22(24(21)26)8-4-7-17-5-2-1-3-6-17/h1-15H,16H2/b7-4+,22-8-. The molecule has 0 spiro atoms. The second kappa shape index (κ2) is 8.15. The minimum Gasteiger partial charge on any atom is -0.489 e. The van der Waals surface area contributed by atoms with Crippen LogP contribution in [0.25, 0.3) is 6.08 Å². The third-order valence-electron chi connectivity index (χ3n) is 4.30. The van der Waals surface area contributed by atoms with Gasteiger partial charge in [0.1, 0.15) is 18.1 Å². The molecule has 138 valence electrons. The SMILES string of the molecule is O=C1/C(=C/C=C/c2ccccc2)Oc2cc(OCc3ccc(Cl)cc3)ccc21. The number of Topliss-reactive ketones (excluding diaryl/α,β-unsaturated/α-hetero) is 1. The molecule has 3 aromatic rings. The van der Waals surface area contributed by atoms with Gasteiger partial charge >= 0.3 is 0 Å². The number of benzene rings is 3. The summed E-state index contributed by atoms with van der Waals surface area (Å²) < 4.78 is 11.5. The van der Waals surface area contributed by atoms with Crippen LogP contribution >= 0.6 is 11.6 Å². The Morgan fingerprint density at radius 2 is 1.75 bits per heavy atom. The first-order valence-corrected chi connectivity index (χ1v) is 9.24. The second-order valence-corrected chi connectivity index (χ2v) is 6.74. The maximum atomic E-state index is 12.5. The summed E-state index contributed by atoms with van der Waals surface area (Å²) in [5.41, 5.74) is 2.60. The van der Waals surface area contributed by atoms with Crippen LogP contribution in [0.15, 0.2) is 90.7 Å². The van der Waals surface area contributed by atoms with Crippen molar-refractivity contribution in [1.82, 2.24) is 0 Å². The average Bonchev–Trinajstić information content (AvgIpc) is 3.03. The van der Waals surface area contributed by atoms with Crippen LogP contribution < -0.4 is 9.47 Å². The number of carbonyl (C=O) groups excluding carboxylic acids is 1. The number of ketones is 1. The summed E-state index contributed by atoms with van der Waals surface area (Å²) in [4.78, 5) is 12.5. The van der Waals surface area contributed by atoms with E-state index in [-0.39, 0.29) is 5.78 Å². The molecule has 0 N–H and O–H groups in total. The summed E-state index contributed by atoms with van der Waals surface area (Å²) in [7, 11) is 0. The molecule has 1 aliphatic rings. The van der Waals surface area contributed by atoms with Gasteiger partial charge in [0.05, 0.1) is 5.56 Å². The van der Waals surface area contributed by atoms with Gasteiger partial charge in [-0.05, 0) is 41.5 Å². The zero-order valence-corrected chi connectivity index (χ0v) is 15.7. The fourth-order valence-electron chi connectivity index (χ4n) is 2.83. The van der Waals surface area contributed by atoms with Crippen LogP contribution in [0.2, 0.25) is 5.02 Å². The Kier molecular flexibility index (Phi) is 5.27. The van der Waals surface area contributed by atoms with Crippen molar-refractivity contribution in [2.75, 3.05) is 0 Å². The van der Waals surface area contributed by atoms with E-state index in [0.29, 0.717) is 34.5 Å². The Morgan fingerprint density at radius 1 is 0.964 bits per heavy atom. The molecule has 1 heterocycles. The topological polar surface area (TPSA) is 35.5 Å². The third-order valence-corrected chi connectivity index (χ3v) is 4.55. The minimum absolute atomic E-state index is 0.128. The van der Waals surface area contributed by atoms with Gasteiger partial charge in [0.25, 0.3) is 0 Å². The predicted octanol–water partition coefficient (Wildman–Crippen LogP) is 6.09. The predicted molar refractivity (Wildman–Crippen MR) is 111 cm³/mol. The summed E-state index contributed by atoms with van der Waals surface area (Å²) in [6.07, 6.45) is 5.42.